The van der Waals surface area contributed by atoms with Crippen LogP contribution in [0.15, 0.2) is 42.5 Å². The number of fused-ring (bicyclic) bond motifs is 1. The molecule has 0 saturated carbocycles. The molecule has 0 aliphatic carbocycles. The highest BCUT2D eigenvalue weighted by Gasteiger charge is 2.26. The number of hydrogen-bond acceptors (Lipinski definition) is 4. The summed E-state index contributed by atoms with van der Waals surface area (Å²) in [7, 11) is 6.25. The molecule has 0 radical (unpaired) electrons. The molecule has 5 nitrogen and oxygen atoms in total. The topological polar surface area (TPSA) is 37.2 Å². The summed E-state index contributed by atoms with van der Waals surface area (Å²) in [6.45, 7) is 4.05. The molecule has 1 fully saturated rings. The molecule has 3 aromatic rings. The second-order valence-electron chi connectivity index (χ2n) is 8.03. The molecule has 1 aliphatic rings. The second kappa shape index (κ2) is 7.79. The Morgan fingerprint density at radius 2 is 1.89 bits per heavy atom. The number of likely N-dealkylation sites (tertiary alicyclic amines) is 1. The van der Waals surface area contributed by atoms with Gasteiger partial charge in [0.15, 0.2) is 0 Å². The second-order valence-corrected chi connectivity index (χ2v) is 8.03. The van der Waals surface area contributed by atoms with Crippen LogP contribution in [0.5, 0.6) is 0 Å². The Balaban J connectivity index is 1.47. The van der Waals surface area contributed by atoms with Crippen LogP contribution in [0.25, 0.3) is 10.8 Å². The number of benzene rings is 2. The van der Waals surface area contributed by atoms with Crippen molar-refractivity contribution in [2.45, 2.75) is 31.8 Å². The van der Waals surface area contributed by atoms with Gasteiger partial charge in [-0.2, -0.15) is 0 Å². The monoisotopic (exact) mass is 363 g/mol. The standard InChI is InChI=1S/C22H29N5/c1-25(2)16-21-23-24-22(26(21)3)20-9-6-12-27(15-20)14-17-10-11-18-7-4-5-8-19(18)13-17/h4-5,7-8,10-11,13,20H,6,9,12,14-16H2,1-3H3/t20-/m1/s1. The number of nitrogens with zero attached hydrogens (tertiary/aromatic N) is 5. The zero-order valence-corrected chi connectivity index (χ0v) is 16.6. The van der Waals surface area contributed by atoms with Gasteiger partial charge in [-0.05, 0) is 55.9 Å². The van der Waals surface area contributed by atoms with Crippen LogP contribution in [0.4, 0.5) is 0 Å². The van der Waals surface area contributed by atoms with Gasteiger partial charge in [0, 0.05) is 26.1 Å². The molecular weight excluding hydrogens is 334 g/mol. The summed E-state index contributed by atoms with van der Waals surface area (Å²) in [5.41, 5.74) is 1.39. The Bertz CT molecular complexity index is 914. The third-order valence-corrected chi connectivity index (χ3v) is 5.55. The van der Waals surface area contributed by atoms with Crippen LogP contribution in [0.2, 0.25) is 0 Å². The minimum atomic E-state index is 0.465. The highest BCUT2D eigenvalue weighted by molar-refractivity contribution is 5.82. The average molecular weight is 364 g/mol. The number of aromatic nitrogens is 3. The highest BCUT2D eigenvalue weighted by atomic mass is 15.3. The minimum Gasteiger partial charge on any atom is -0.317 e. The van der Waals surface area contributed by atoms with Gasteiger partial charge < -0.3 is 9.47 Å². The van der Waals surface area contributed by atoms with Crippen LogP contribution >= 0.6 is 0 Å². The van der Waals surface area contributed by atoms with E-state index in [4.69, 9.17) is 0 Å². The Morgan fingerprint density at radius 1 is 1.07 bits per heavy atom. The first-order valence-corrected chi connectivity index (χ1v) is 9.83. The SMILES string of the molecule is CN(C)Cc1nnc([C@@H]2CCCN(Cc3ccc4ccccc4c3)C2)n1C. The molecule has 0 spiro atoms. The van der Waals surface area contributed by atoms with Crippen molar-refractivity contribution >= 4 is 10.8 Å². The summed E-state index contributed by atoms with van der Waals surface area (Å²) in [4.78, 5) is 4.71. The lowest BCUT2D eigenvalue weighted by Gasteiger charge is -2.32. The molecule has 1 aromatic heterocycles. The molecular formula is C22H29N5. The van der Waals surface area contributed by atoms with Crippen LogP contribution in [0.1, 0.15) is 36.0 Å². The maximum Gasteiger partial charge on any atom is 0.146 e. The van der Waals surface area contributed by atoms with Gasteiger partial charge in [0.1, 0.15) is 11.6 Å². The van der Waals surface area contributed by atoms with Crippen molar-refractivity contribution in [3.05, 3.63) is 59.7 Å². The Kier molecular flexibility index (Phi) is 5.23. The van der Waals surface area contributed by atoms with Gasteiger partial charge in [0.2, 0.25) is 0 Å². The van der Waals surface area contributed by atoms with Crippen molar-refractivity contribution in [1.29, 1.82) is 0 Å². The first-order valence-electron chi connectivity index (χ1n) is 9.83. The predicted molar refractivity (Wildman–Crippen MR) is 110 cm³/mol. The smallest absolute Gasteiger partial charge is 0.146 e. The van der Waals surface area contributed by atoms with Gasteiger partial charge in [-0.15, -0.1) is 10.2 Å². The predicted octanol–water partition coefficient (Wildman–Crippen LogP) is 3.41. The van der Waals surface area contributed by atoms with Gasteiger partial charge in [-0.1, -0.05) is 36.4 Å². The van der Waals surface area contributed by atoms with E-state index >= 15 is 0 Å². The Morgan fingerprint density at radius 3 is 2.70 bits per heavy atom. The first kappa shape index (κ1) is 18.1. The van der Waals surface area contributed by atoms with Crippen molar-refractivity contribution in [3.63, 3.8) is 0 Å². The summed E-state index contributed by atoms with van der Waals surface area (Å²) in [6.07, 6.45) is 2.41. The first-order chi connectivity index (χ1) is 13.1. The Hall–Kier alpha value is -2.24. The lowest BCUT2D eigenvalue weighted by Crippen LogP contribution is -2.34. The molecule has 1 aliphatic heterocycles. The lowest BCUT2D eigenvalue weighted by atomic mass is 9.96. The molecule has 0 bridgehead atoms. The van der Waals surface area contributed by atoms with Gasteiger partial charge in [-0.3, -0.25) is 4.90 Å². The molecule has 1 saturated heterocycles. The van der Waals surface area contributed by atoms with Crippen molar-refractivity contribution in [3.8, 4) is 0 Å². The number of piperidine rings is 1. The molecule has 2 aromatic carbocycles. The van der Waals surface area contributed by atoms with Gasteiger partial charge >= 0.3 is 0 Å². The average Bonchev–Trinajstić information content (AvgIpc) is 3.02. The van der Waals surface area contributed by atoms with E-state index in [9.17, 15) is 0 Å². The maximum absolute atomic E-state index is 4.53. The van der Waals surface area contributed by atoms with E-state index in [-0.39, 0.29) is 0 Å². The normalized spacial score (nSPS) is 18.4. The molecule has 1 atom stereocenters. The molecule has 0 amide bonds. The quantitative estimate of drug-likeness (QED) is 0.696. The summed E-state index contributed by atoms with van der Waals surface area (Å²) in [6, 6.07) is 15.4. The summed E-state index contributed by atoms with van der Waals surface area (Å²) in [5, 5.41) is 11.6. The van der Waals surface area contributed by atoms with Crippen molar-refractivity contribution in [2.75, 3.05) is 27.2 Å². The molecule has 4 rings (SSSR count). The largest absolute Gasteiger partial charge is 0.317 e. The highest BCUT2D eigenvalue weighted by Crippen LogP contribution is 2.27. The molecule has 2 heterocycles. The van der Waals surface area contributed by atoms with Crippen molar-refractivity contribution in [1.82, 2.24) is 24.6 Å². The van der Waals surface area contributed by atoms with E-state index in [1.54, 1.807) is 0 Å². The van der Waals surface area contributed by atoms with E-state index in [0.29, 0.717) is 5.92 Å². The van der Waals surface area contributed by atoms with Gasteiger partial charge in [0.05, 0.1) is 6.54 Å². The summed E-state index contributed by atoms with van der Waals surface area (Å²) in [5.74, 6) is 2.64. The molecule has 142 valence electrons. The fourth-order valence-corrected chi connectivity index (χ4v) is 4.16. The van der Waals surface area contributed by atoms with Gasteiger partial charge in [-0.25, -0.2) is 0 Å². The maximum atomic E-state index is 4.53. The fraction of sp³-hybridized carbons (Fsp3) is 0.455. The zero-order valence-electron chi connectivity index (χ0n) is 16.6. The lowest BCUT2D eigenvalue weighted by molar-refractivity contribution is 0.195. The summed E-state index contributed by atoms with van der Waals surface area (Å²) >= 11 is 0. The van der Waals surface area contributed by atoms with Crippen LogP contribution < -0.4 is 0 Å². The number of hydrogen-bond donors (Lipinski definition) is 0. The fourth-order valence-electron chi connectivity index (χ4n) is 4.16. The van der Waals surface area contributed by atoms with Crippen molar-refractivity contribution in [2.24, 2.45) is 7.05 Å². The summed E-state index contributed by atoms with van der Waals surface area (Å²) < 4.78 is 2.20. The third-order valence-electron chi connectivity index (χ3n) is 5.55. The zero-order chi connectivity index (χ0) is 18.8. The molecule has 0 unspecified atom stereocenters. The van der Waals surface area contributed by atoms with Crippen LogP contribution in [-0.4, -0.2) is 51.7 Å². The Labute approximate surface area is 161 Å². The van der Waals surface area contributed by atoms with E-state index in [1.165, 1.54) is 29.2 Å². The molecule has 0 N–H and O–H groups in total. The van der Waals surface area contributed by atoms with E-state index in [1.807, 2.05) is 0 Å². The number of rotatable bonds is 5. The molecule has 5 heteroatoms. The van der Waals surface area contributed by atoms with Gasteiger partial charge in [0.25, 0.3) is 0 Å². The molecule has 27 heavy (non-hydrogen) atoms. The van der Waals surface area contributed by atoms with Crippen LogP contribution in [-0.2, 0) is 20.1 Å². The van der Waals surface area contributed by atoms with Crippen LogP contribution in [0.3, 0.4) is 0 Å². The van der Waals surface area contributed by atoms with E-state index < -0.39 is 0 Å². The van der Waals surface area contributed by atoms with E-state index in [2.05, 4.69) is 88.2 Å². The van der Waals surface area contributed by atoms with Crippen LogP contribution in [0, 0.1) is 0 Å². The van der Waals surface area contributed by atoms with Crippen molar-refractivity contribution < 1.29 is 0 Å². The minimum absolute atomic E-state index is 0.465. The van der Waals surface area contributed by atoms with E-state index in [0.717, 1.165) is 37.8 Å². The third kappa shape index (κ3) is 4.04.